The largest absolute Gasteiger partial charge is 0.481 e. The van der Waals surface area contributed by atoms with E-state index in [4.69, 9.17) is 9.84 Å². The third-order valence-corrected chi connectivity index (χ3v) is 2.72. The molecule has 0 aromatic heterocycles. The number of hydrogen-bond donors (Lipinski definition) is 2. The van der Waals surface area contributed by atoms with Crippen molar-refractivity contribution in [2.24, 2.45) is 5.41 Å². The summed E-state index contributed by atoms with van der Waals surface area (Å²) in [5.41, 5.74) is -0.853. The van der Waals surface area contributed by atoms with Crippen LogP contribution in [0.1, 0.15) is 34.1 Å². The van der Waals surface area contributed by atoms with Gasteiger partial charge in [-0.3, -0.25) is 9.59 Å². The van der Waals surface area contributed by atoms with Crippen LogP contribution in [-0.4, -0.2) is 36.2 Å². The van der Waals surface area contributed by atoms with Gasteiger partial charge in [0.1, 0.15) is 0 Å². The lowest BCUT2D eigenvalue weighted by molar-refractivity contribution is -0.148. The number of carboxylic acids is 1. The van der Waals surface area contributed by atoms with Crippen molar-refractivity contribution in [3.05, 3.63) is 0 Å². The number of nitrogens with one attached hydrogen (secondary N) is 1. The van der Waals surface area contributed by atoms with Crippen LogP contribution in [0.25, 0.3) is 0 Å². The molecule has 0 bridgehead atoms. The standard InChI is InChI=1S/C11H21NO4/c1-5-16-9(13)6-7-12-8(2)11(3,4)10(14)15/h8,12H,5-7H2,1-4H3,(H,14,15). The Morgan fingerprint density at radius 1 is 1.44 bits per heavy atom. The Labute approximate surface area is 96.2 Å². The zero-order valence-electron chi connectivity index (χ0n) is 10.4. The summed E-state index contributed by atoms with van der Waals surface area (Å²) in [6.45, 7) is 7.64. The number of carboxylic acid groups (broad SMARTS) is 1. The highest BCUT2D eigenvalue weighted by Gasteiger charge is 2.33. The van der Waals surface area contributed by atoms with Crippen molar-refractivity contribution in [3.63, 3.8) is 0 Å². The molecule has 2 N–H and O–H groups in total. The molecule has 0 aromatic rings. The van der Waals surface area contributed by atoms with Crippen LogP contribution in [0.3, 0.4) is 0 Å². The van der Waals surface area contributed by atoms with E-state index < -0.39 is 11.4 Å². The molecule has 16 heavy (non-hydrogen) atoms. The number of aliphatic carboxylic acids is 1. The highest BCUT2D eigenvalue weighted by Crippen LogP contribution is 2.20. The van der Waals surface area contributed by atoms with Crippen molar-refractivity contribution in [1.82, 2.24) is 5.32 Å². The van der Waals surface area contributed by atoms with Gasteiger partial charge in [-0.15, -0.1) is 0 Å². The predicted octanol–water partition coefficient (Wildman–Crippen LogP) is 1.03. The van der Waals surface area contributed by atoms with Crippen LogP contribution in [0.4, 0.5) is 0 Å². The van der Waals surface area contributed by atoms with Gasteiger partial charge in [-0.2, -0.15) is 0 Å². The average Bonchev–Trinajstić information content (AvgIpc) is 2.17. The van der Waals surface area contributed by atoms with Crippen LogP contribution in [-0.2, 0) is 14.3 Å². The maximum absolute atomic E-state index is 11.0. The zero-order chi connectivity index (χ0) is 12.8. The molecule has 0 amide bonds. The van der Waals surface area contributed by atoms with E-state index in [0.29, 0.717) is 13.2 Å². The molecule has 0 heterocycles. The average molecular weight is 231 g/mol. The molecule has 1 unspecified atom stereocenters. The van der Waals surface area contributed by atoms with E-state index in [0.717, 1.165) is 0 Å². The lowest BCUT2D eigenvalue weighted by Gasteiger charge is -2.27. The minimum atomic E-state index is -0.858. The maximum Gasteiger partial charge on any atom is 0.310 e. The highest BCUT2D eigenvalue weighted by molar-refractivity contribution is 5.74. The SMILES string of the molecule is CCOC(=O)CCNC(C)C(C)(C)C(=O)O. The molecule has 0 aliphatic carbocycles. The van der Waals surface area contributed by atoms with Gasteiger partial charge in [0.05, 0.1) is 18.4 Å². The van der Waals surface area contributed by atoms with E-state index in [2.05, 4.69) is 5.32 Å². The number of hydrogen-bond acceptors (Lipinski definition) is 4. The Morgan fingerprint density at radius 3 is 2.44 bits per heavy atom. The first kappa shape index (κ1) is 14.9. The van der Waals surface area contributed by atoms with Crippen LogP contribution in [0.2, 0.25) is 0 Å². The number of carbonyl (C=O) groups excluding carboxylic acids is 1. The van der Waals surface area contributed by atoms with Crippen molar-refractivity contribution in [3.8, 4) is 0 Å². The summed E-state index contributed by atoms with van der Waals surface area (Å²) in [6.07, 6.45) is 0.258. The van der Waals surface area contributed by atoms with Crippen LogP contribution in [0, 0.1) is 5.41 Å². The van der Waals surface area contributed by atoms with E-state index in [1.54, 1.807) is 27.7 Å². The van der Waals surface area contributed by atoms with Gasteiger partial charge in [0.15, 0.2) is 0 Å². The van der Waals surface area contributed by atoms with Gasteiger partial charge in [0, 0.05) is 12.6 Å². The molecule has 0 aromatic carbocycles. The minimum absolute atomic E-state index is 0.209. The van der Waals surface area contributed by atoms with Gasteiger partial charge in [-0.05, 0) is 27.7 Å². The fourth-order valence-electron chi connectivity index (χ4n) is 1.06. The normalized spacial score (nSPS) is 13.2. The first-order chi connectivity index (χ1) is 7.32. The third-order valence-electron chi connectivity index (χ3n) is 2.72. The number of ether oxygens (including phenoxy) is 1. The van der Waals surface area contributed by atoms with E-state index in [-0.39, 0.29) is 18.4 Å². The highest BCUT2D eigenvalue weighted by atomic mass is 16.5. The van der Waals surface area contributed by atoms with Gasteiger partial charge < -0.3 is 15.2 Å². The fraction of sp³-hybridized carbons (Fsp3) is 0.818. The second-order valence-electron chi connectivity index (χ2n) is 4.26. The summed E-state index contributed by atoms with van der Waals surface area (Å²) in [4.78, 5) is 22.0. The van der Waals surface area contributed by atoms with E-state index in [9.17, 15) is 9.59 Å². The lowest BCUT2D eigenvalue weighted by atomic mass is 9.85. The molecule has 0 spiro atoms. The van der Waals surface area contributed by atoms with Gasteiger partial charge in [-0.25, -0.2) is 0 Å². The topological polar surface area (TPSA) is 75.6 Å². The Morgan fingerprint density at radius 2 is 2.00 bits per heavy atom. The zero-order valence-corrected chi connectivity index (χ0v) is 10.4. The number of carbonyl (C=O) groups is 2. The predicted molar refractivity (Wildman–Crippen MR) is 60.1 cm³/mol. The van der Waals surface area contributed by atoms with Gasteiger partial charge in [0.25, 0.3) is 0 Å². The summed E-state index contributed by atoms with van der Waals surface area (Å²) in [5.74, 6) is -1.13. The Balaban J connectivity index is 3.94. The van der Waals surface area contributed by atoms with Crippen molar-refractivity contribution in [2.45, 2.75) is 40.2 Å². The van der Waals surface area contributed by atoms with E-state index in [1.165, 1.54) is 0 Å². The Bertz CT molecular complexity index is 250. The molecule has 0 aliphatic heterocycles. The molecule has 94 valence electrons. The quantitative estimate of drug-likeness (QED) is 0.640. The second kappa shape index (κ2) is 6.48. The van der Waals surface area contributed by atoms with Crippen LogP contribution in [0.15, 0.2) is 0 Å². The Hall–Kier alpha value is -1.10. The van der Waals surface area contributed by atoms with Crippen molar-refractivity contribution < 1.29 is 19.4 Å². The van der Waals surface area contributed by atoms with Crippen molar-refractivity contribution >= 4 is 11.9 Å². The van der Waals surface area contributed by atoms with E-state index in [1.807, 2.05) is 0 Å². The molecule has 5 nitrogen and oxygen atoms in total. The van der Waals surface area contributed by atoms with E-state index >= 15 is 0 Å². The summed E-state index contributed by atoms with van der Waals surface area (Å²) in [5, 5.41) is 12.0. The van der Waals surface area contributed by atoms with Crippen LogP contribution < -0.4 is 5.32 Å². The number of esters is 1. The minimum Gasteiger partial charge on any atom is -0.481 e. The Kier molecular flexibility index (Phi) is 6.03. The number of rotatable bonds is 7. The third kappa shape index (κ3) is 4.61. The summed E-state index contributed by atoms with van der Waals surface area (Å²) in [6, 6.07) is -0.209. The first-order valence-electron chi connectivity index (χ1n) is 5.44. The van der Waals surface area contributed by atoms with Crippen LogP contribution in [0.5, 0.6) is 0 Å². The second-order valence-corrected chi connectivity index (χ2v) is 4.26. The van der Waals surface area contributed by atoms with Gasteiger partial charge >= 0.3 is 11.9 Å². The summed E-state index contributed by atoms with van der Waals surface area (Å²) < 4.78 is 4.76. The van der Waals surface area contributed by atoms with Crippen molar-refractivity contribution in [1.29, 1.82) is 0 Å². The maximum atomic E-state index is 11.0. The molecule has 0 fully saturated rings. The monoisotopic (exact) mass is 231 g/mol. The van der Waals surface area contributed by atoms with Crippen LogP contribution >= 0.6 is 0 Å². The molecule has 1 atom stereocenters. The summed E-state index contributed by atoms with van der Waals surface area (Å²) >= 11 is 0. The molecule has 0 aliphatic rings. The summed E-state index contributed by atoms with van der Waals surface area (Å²) in [7, 11) is 0. The molecule has 0 radical (unpaired) electrons. The van der Waals surface area contributed by atoms with Gasteiger partial charge in [-0.1, -0.05) is 0 Å². The van der Waals surface area contributed by atoms with Crippen molar-refractivity contribution in [2.75, 3.05) is 13.2 Å². The molecule has 0 saturated heterocycles. The fourth-order valence-corrected chi connectivity index (χ4v) is 1.06. The molecule has 0 rings (SSSR count). The molecule has 5 heteroatoms. The molecular weight excluding hydrogens is 210 g/mol. The lowest BCUT2D eigenvalue weighted by Crippen LogP contribution is -2.45. The molecular formula is C11H21NO4. The first-order valence-corrected chi connectivity index (χ1v) is 5.44. The smallest absolute Gasteiger partial charge is 0.310 e. The molecule has 0 saturated carbocycles. The van der Waals surface area contributed by atoms with Gasteiger partial charge in [0.2, 0.25) is 0 Å².